The van der Waals surface area contributed by atoms with E-state index in [2.05, 4.69) is 62.1 Å². The maximum absolute atomic E-state index is 3.28. The van der Waals surface area contributed by atoms with Gasteiger partial charge in [-0.3, -0.25) is 0 Å². The van der Waals surface area contributed by atoms with E-state index in [1.54, 1.807) is 0 Å². The Kier molecular flexibility index (Phi) is 9.40. The highest BCUT2D eigenvalue weighted by Gasteiger charge is 2.30. The van der Waals surface area contributed by atoms with Crippen LogP contribution in [0.3, 0.4) is 0 Å². The molecule has 0 heteroatoms. The van der Waals surface area contributed by atoms with Crippen molar-refractivity contribution < 1.29 is 0 Å². The van der Waals surface area contributed by atoms with Crippen molar-refractivity contribution in [2.45, 2.75) is 97.3 Å². The molecule has 0 unspecified atom stereocenters. The zero-order valence-corrected chi connectivity index (χ0v) is 19.0. The van der Waals surface area contributed by atoms with Gasteiger partial charge in [-0.2, -0.15) is 0 Å². The molecule has 0 spiro atoms. The van der Waals surface area contributed by atoms with Gasteiger partial charge < -0.3 is 0 Å². The highest BCUT2D eigenvalue weighted by Crippen LogP contribution is 2.42. The summed E-state index contributed by atoms with van der Waals surface area (Å²) in [6.45, 7) is 4.51. The fourth-order valence-electron chi connectivity index (χ4n) is 5.57. The molecule has 2 aliphatic rings. The Bertz CT molecular complexity index is 652. The molecule has 0 nitrogen and oxygen atoms in total. The third-order valence-electron chi connectivity index (χ3n) is 7.62. The average Bonchev–Trinajstić information content (AvgIpc) is 2.78. The van der Waals surface area contributed by atoms with Crippen LogP contribution in [-0.4, -0.2) is 0 Å². The van der Waals surface area contributed by atoms with Crippen molar-refractivity contribution in [3.8, 4) is 11.8 Å². The molecule has 1 aromatic carbocycles. The molecule has 1 aromatic rings. The van der Waals surface area contributed by atoms with Crippen molar-refractivity contribution in [2.75, 3.05) is 0 Å². The van der Waals surface area contributed by atoms with Crippen LogP contribution >= 0.6 is 0 Å². The number of unbranched alkanes of at least 4 members (excludes halogenated alkanes) is 2. The van der Waals surface area contributed by atoms with Gasteiger partial charge in [0.2, 0.25) is 0 Å². The molecule has 2 saturated carbocycles. The predicted molar refractivity (Wildman–Crippen MR) is 127 cm³/mol. The van der Waals surface area contributed by atoms with Gasteiger partial charge >= 0.3 is 0 Å². The van der Waals surface area contributed by atoms with Gasteiger partial charge in [-0.1, -0.05) is 82.4 Å². The van der Waals surface area contributed by atoms with Crippen LogP contribution in [0.4, 0.5) is 0 Å². The fraction of sp³-hybridized carbons (Fsp3) is 0.655. The first-order chi connectivity index (χ1) is 14.3. The Morgan fingerprint density at radius 2 is 1.48 bits per heavy atom. The first kappa shape index (κ1) is 22.2. The van der Waals surface area contributed by atoms with Crippen LogP contribution in [0.2, 0.25) is 0 Å². The first-order valence-electron chi connectivity index (χ1n) is 12.6. The molecule has 0 saturated heterocycles. The molecule has 3 rings (SSSR count). The van der Waals surface area contributed by atoms with Gasteiger partial charge in [-0.15, -0.1) is 0 Å². The number of aryl methyl sites for hydroxylation is 1. The third-order valence-corrected chi connectivity index (χ3v) is 7.62. The lowest BCUT2D eigenvalue weighted by Crippen LogP contribution is -2.25. The summed E-state index contributed by atoms with van der Waals surface area (Å²) >= 11 is 0. The summed E-state index contributed by atoms with van der Waals surface area (Å²) < 4.78 is 0. The molecule has 0 radical (unpaired) electrons. The number of hydrogen-bond acceptors (Lipinski definition) is 0. The maximum Gasteiger partial charge on any atom is 0.0249 e. The summed E-state index contributed by atoms with van der Waals surface area (Å²) in [5, 5.41) is 0. The van der Waals surface area contributed by atoms with Gasteiger partial charge in [0.1, 0.15) is 0 Å². The van der Waals surface area contributed by atoms with E-state index < -0.39 is 0 Å². The zero-order valence-electron chi connectivity index (χ0n) is 19.0. The Hall–Kier alpha value is -1.48. The molecule has 0 amide bonds. The van der Waals surface area contributed by atoms with E-state index in [1.165, 1.54) is 82.6 Å². The molecule has 0 aromatic heterocycles. The molecule has 29 heavy (non-hydrogen) atoms. The van der Waals surface area contributed by atoms with E-state index in [-0.39, 0.29) is 0 Å². The Morgan fingerprint density at radius 3 is 2.10 bits per heavy atom. The SMILES string of the molecule is CCCCCC1CCC(C2CCC(C=CC#Cc3ccc(CC)cc3)CC2)CC1. The molecule has 0 heterocycles. The minimum Gasteiger partial charge on any atom is -0.0730 e. The van der Waals surface area contributed by atoms with Gasteiger partial charge in [0.05, 0.1) is 0 Å². The number of hydrogen-bond donors (Lipinski definition) is 0. The lowest BCUT2D eigenvalue weighted by molar-refractivity contribution is 0.151. The minimum atomic E-state index is 0.758. The van der Waals surface area contributed by atoms with E-state index in [9.17, 15) is 0 Å². The number of benzene rings is 1. The summed E-state index contributed by atoms with van der Waals surface area (Å²) in [7, 11) is 0. The summed E-state index contributed by atoms with van der Waals surface area (Å²) in [5.74, 6) is 10.4. The van der Waals surface area contributed by atoms with Crippen molar-refractivity contribution in [1.82, 2.24) is 0 Å². The van der Waals surface area contributed by atoms with Crippen molar-refractivity contribution in [3.63, 3.8) is 0 Å². The van der Waals surface area contributed by atoms with Gasteiger partial charge in [-0.25, -0.2) is 0 Å². The van der Waals surface area contributed by atoms with E-state index >= 15 is 0 Å². The second kappa shape index (κ2) is 12.3. The second-order valence-electron chi connectivity index (χ2n) is 9.63. The summed E-state index contributed by atoms with van der Waals surface area (Å²) in [4.78, 5) is 0. The van der Waals surface area contributed by atoms with Crippen LogP contribution in [0.5, 0.6) is 0 Å². The fourth-order valence-corrected chi connectivity index (χ4v) is 5.57. The molecular weight excluding hydrogens is 348 g/mol. The van der Waals surface area contributed by atoms with E-state index in [0.29, 0.717) is 0 Å². The van der Waals surface area contributed by atoms with Crippen LogP contribution in [0.25, 0.3) is 0 Å². The smallest absolute Gasteiger partial charge is 0.0249 e. The topological polar surface area (TPSA) is 0 Å². The predicted octanol–water partition coefficient (Wildman–Crippen LogP) is 8.35. The van der Waals surface area contributed by atoms with Gasteiger partial charge in [-0.05, 0) is 92.4 Å². The largest absolute Gasteiger partial charge is 0.0730 e. The van der Waals surface area contributed by atoms with Gasteiger partial charge in [0.25, 0.3) is 0 Å². The molecule has 0 bridgehead atoms. The van der Waals surface area contributed by atoms with Crippen LogP contribution in [0, 0.1) is 35.5 Å². The maximum atomic E-state index is 3.28. The summed E-state index contributed by atoms with van der Waals surface area (Å²) in [6, 6.07) is 8.66. The first-order valence-corrected chi connectivity index (χ1v) is 12.6. The molecular formula is C29H42. The van der Waals surface area contributed by atoms with Crippen LogP contribution < -0.4 is 0 Å². The normalized spacial score (nSPS) is 27.5. The van der Waals surface area contributed by atoms with Gasteiger partial charge in [0, 0.05) is 5.56 Å². The minimum absolute atomic E-state index is 0.758. The van der Waals surface area contributed by atoms with Crippen LogP contribution in [0.15, 0.2) is 36.4 Å². The zero-order chi connectivity index (χ0) is 20.3. The molecule has 0 N–H and O–H groups in total. The Morgan fingerprint density at radius 1 is 0.828 bits per heavy atom. The monoisotopic (exact) mass is 390 g/mol. The third kappa shape index (κ3) is 7.37. The molecule has 0 atom stereocenters. The number of rotatable bonds is 7. The standard InChI is InChI=1S/C29H42/c1-3-5-6-9-26-16-20-28(21-17-26)29-22-18-27(19-23-29)11-8-7-10-25-14-12-24(4-2)13-15-25/h8,11-15,26-29H,3-6,9,16-23H2,1-2H3. The lowest BCUT2D eigenvalue weighted by Gasteiger charge is -2.37. The summed E-state index contributed by atoms with van der Waals surface area (Å²) in [5.41, 5.74) is 2.51. The van der Waals surface area contributed by atoms with E-state index in [4.69, 9.17) is 0 Å². The summed E-state index contributed by atoms with van der Waals surface area (Å²) in [6.07, 6.45) is 23.1. The highest BCUT2D eigenvalue weighted by atomic mass is 14.4. The van der Waals surface area contributed by atoms with Crippen molar-refractivity contribution in [2.24, 2.45) is 23.7 Å². The second-order valence-corrected chi connectivity index (χ2v) is 9.63. The van der Waals surface area contributed by atoms with Crippen LogP contribution in [0.1, 0.15) is 102 Å². The average molecular weight is 391 g/mol. The lowest BCUT2D eigenvalue weighted by atomic mass is 9.68. The quantitative estimate of drug-likeness (QED) is 0.324. The van der Waals surface area contributed by atoms with Gasteiger partial charge in [0.15, 0.2) is 0 Å². The highest BCUT2D eigenvalue weighted by molar-refractivity contribution is 5.38. The molecule has 2 fully saturated rings. The molecule has 2 aliphatic carbocycles. The van der Waals surface area contributed by atoms with Crippen molar-refractivity contribution >= 4 is 0 Å². The van der Waals surface area contributed by atoms with Crippen molar-refractivity contribution in [3.05, 3.63) is 47.5 Å². The van der Waals surface area contributed by atoms with Crippen LogP contribution in [-0.2, 0) is 6.42 Å². The molecule has 0 aliphatic heterocycles. The Balaban J connectivity index is 1.35. The van der Waals surface area contributed by atoms with E-state index in [0.717, 1.165) is 35.7 Å². The van der Waals surface area contributed by atoms with Crippen molar-refractivity contribution in [1.29, 1.82) is 0 Å². The number of allylic oxidation sites excluding steroid dienone is 2. The Labute approximate surface area is 180 Å². The van der Waals surface area contributed by atoms with E-state index in [1.807, 2.05) is 0 Å². The molecule has 158 valence electrons.